The van der Waals surface area contributed by atoms with E-state index in [-0.39, 0.29) is 6.42 Å². The summed E-state index contributed by atoms with van der Waals surface area (Å²) in [6.07, 6.45) is -0.0304. The Hall–Kier alpha value is -0.900. The molecule has 0 saturated heterocycles. The number of benzene rings is 1. The molecule has 0 unspecified atom stereocenters. The minimum Gasteiger partial charge on any atom is -0.255 e. The molecule has 0 spiro atoms. The lowest BCUT2D eigenvalue weighted by atomic mass is 10.1. The maximum absolute atomic E-state index is 11.4. The SMILES string of the molecule is O=C(Cc1cccc(CBr)c1)OF. The minimum absolute atomic E-state index is 0.0304. The van der Waals surface area contributed by atoms with Crippen molar-refractivity contribution in [1.29, 1.82) is 0 Å². The maximum Gasteiger partial charge on any atom is 0.353 e. The topological polar surface area (TPSA) is 26.3 Å². The molecule has 0 saturated carbocycles. The molecule has 0 aliphatic rings. The fourth-order valence-corrected chi connectivity index (χ4v) is 1.37. The van der Waals surface area contributed by atoms with Crippen molar-refractivity contribution < 1.29 is 14.3 Å². The molecule has 4 heteroatoms. The summed E-state index contributed by atoms with van der Waals surface area (Å²) < 4.78 is 11.4. The Balaban J connectivity index is 2.71. The highest BCUT2D eigenvalue weighted by molar-refractivity contribution is 9.08. The van der Waals surface area contributed by atoms with Crippen molar-refractivity contribution in [2.45, 2.75) is 11.8 Å². The van der Waals surface area contributed by atoms with E-state index >= 15 is 0 Å². The van der Waals surface area contributed by atoms with Gasteiger partial charge in [0, 0.05) is 9.86 Å². The van der Waals surface area contributed by atoms with Crippen LogP contribution in [0, 0.1) is 0 Å². The van der Waals surface area contributed by atoms with Crippen LogP contribution in [0.2, 0.25) is 0 Å². The molecule has 0 aliphatic heterocycles. The van der Waals surface area contributed by atoms with Gasteiger partial charge < -0.3 is 0 Å². The fraction of sp³-hybridized carbons (Fsp3) is 0.222. The van der Waals surface area contributed by atoms with E-state index in [4.69, 9.17) is 0 Å². The van der Waals surface area contributed by atoms with Crippen molar-refractivity contribution in [2.24, 2.45) is 0 Å². The number of halogens is 2. The van der Waals surface area contributed by atoms with Gasteiger partial charge >= 0.3 is 5.97 Å². The standard InChI is InChI=1S/C9H8BrFO2/c10-6-8-3-1-2-7(4-8)5-9(12)13-11/h1-4H,5-6H2. The second-order valence-electron chi connectivity index (χ2n) is 2.58. The van der Waals surface area contributed by atoms with Crippen molar-refractivity contribution in [2.75, 3.05) is 0 Å². The average molecular weight is 247 g/mol. The summed E-state index contributed by atoms with van der Waals surface area (Å²) in [6.45, 7) is 0. The minimum atomic E-state index is -0.869. The van der Waals surface area contributed by atoms with E-state index < -0.39 is 5.97 Å². The second kappa shape index (κ2) is 4.97. The summed E-state index contributed by atoms with van der Waals surface area (Å²) in [5.41, 5.74) is 1.80. The van der Waals surface area contributed by atoms with E-state index in [1.807, 2.05) is 18.2 Å². The molecule has 0 heterocycles. The maximum atomic E-state index is 11.4. The molecule has 1 aromatic rings. The third-order valence-electron chi connectivity index (χ3n) is 1.58. The average Bonchev–Trinajstić information content (AvgIpc) is 2.18. The largest absolute Gasteiger partial charge is 0.353 e. The molecule has 0 aliphatic carbocycles. The van der Waals surface area contributed by atoms with Crippen LogP contribution in [0.15, 0.2) is 24.3 Å². The lowest BCUT2D eigenvalue weighted by Crippen LogP contribution is -2.02. The monoisotopic (exact) mass is 246 g/mol. The Labute approximate surface area is 83.7 Å². The van der Waals surface area contributed by atoms with E-state index in [9.17, 15) is 9.32 Å². The summed E-state index contributed by atoms with van der Waals surface area (Å²) in [5.74, 6) is -0.869. The first-order valence-corrected chi connectivity index (χ1v) is 4.83. The van der Waals surface area contributed by atoms with Gasteiger partial charge in [-0.3, -0.25) is 4.94 Å². The van der Waals surface area contributed by atoms with Crippen molar-refractivity contribution in [3.63, 3.8) is 0 Å². The lowest BCUT2D eigenvalue weighted by molar-refractivity contribution is -0.182. The van der Waals surface area contributed by atoms with Gasteiger partial charge in [0.15, 0.2) is 0 Å². The number of alkyl halides is 1. The van der Waals surface area contributed by atoms with Crippen LogP contribution in [0.4, 0.5) is 4.53 Å². The predicted octanol–water partition coefficient (Wildman–Crippen LogP) is 2.55. The number of carbonyl (C=O) groups excluding carboxylic acids is 1. The highest BCUT2D eigenvalue weighted by atomic mass is 79.9. The summed E-state index contributed by atoms with van der Waals surface area (Å²) in [6, 6.07) is 7.31. The van der Waals surface area contributed by atoms with E-state index in [1.54, 1.807) is 6.07 Å². The third-order valence-corrected chi connectivity index (χ3v) is 2.23. The molecular formula is C9H8BrFO2. The van der Waals surface area contributed by atoms with Crippen LogP contribution in [0.5, 0.6) is 0 Å². The number of hydrogen-bond acceptors (Lipinski definition) is 2. The van der Waals surface area contributed by atoms with Gasteiger partial charge in [-0.25, -0.2) is 4.79 Å². The molecule has 2 nitrogen and oxygen atoms in total. The molecule has 0 aromatic heterocycles. The quantitative estimate of drug-likeness (QED) is 0.767. The Bertz CT molecular complexity index is 301. The van der Waals surface area contributed by atoms with Crippen molar-refractivity contribution >= 4 is 21.9 Å². The number of rotatable bonds is 3. The van der Waals surface area contributed by atoms with Gasteiger partial charge in [0.05, 0.1) is 6.42 Å². The van der Waals surface area contributed by atoms with Gasteiger partial charge in [0.1, 0.15) is 0 Å². The van der Waals surface area contributed by atoms with Gasteiger partial charge in [-0.15, -0.1) is 0 Å². The molecule has 1 aromatic carbocycles. The molecule has 1 rings (SSSR count). The molecule has 0 radical (unpaired) electrons. The van der Waals surface area contributed by atoms with Crippen molar-refractivity contribution in [3.8, 4) is 0 Å². The zero-order chi connectivity index (χ0) is 9.68. The lowest BCUT2D eigenvalue weighted by Gasteiger charge is -1.99. The smallest absolute Gasteiger partial charge is 0.255 e. The van der Waals surface area contributed by atoms with E-state index in [0.29, 0.717) is 5.33 Å². The summed E-state index contributed by atoms with van der Waals surface area (Å²) in [4.78, 5) is 13.6. The second-order valence-corrected chi connectivity index (χ2v) is 3.14. The normalized spacial score (nSPS) is 9.69. The first-order chi connectivity index (χ1) is 6.26. The van der Waals surface area contributed by atoms with E-state index in [1.165, 1.54) is 0 Å². The van der Waals surface area contributed by atoms with E-state index in [2.05, 4.69) is 20.9 Å². The van der Waals surface area contributed by atoms with Crippen LogP contribution in [-0.2, 0) is 21.5 Å². The van der Waals surface area contributed by atoms with Gasteiger partial charge in [-0.05, 0) is 11.1 Å². The Morgan fingerprint density at radius 3 is 2.77 bits per heavy atom. The van der Waals surface area contributed by atoms with Gasteiger partial charge in [0.25, 0.3) is 0 Å². The molecule has 70 valence electrons. The zero-order valence-electron chi connectivity index (χ0n) is 6.80. The van der Waals surface area contributed by atoms with Crippen LogP contribution in [0.1, 0.15) is 11.1 Å². The molecule has 0 bridgehead atoms. The molecule has 0 N–H and O–H groups in total. The van der Waals surface area contributed by atoms with Crippen LogP contribution in [0.3, 0.4) is 0 Å². The summed E-state index contributed by atoms with van der Waals surface area (Å²) in [5, 5.41) is 0.714. The Morgan fingerprint density at radius 2 is 2.15 bits per heavy atom. The van der Waals surface area contributed by atoms with Crippen LogP contribution >= 0.6 is 15.9 Å². The Morgan fingerprint density at radius 1 is 1.46 bits per heavy atom. The van der Waals surface area contributed by atoms with Crippen molar-refractivity contribution in [1.82, 2.24) is 0 Å². The Kier molecular flexibility index (Phi) is 3.89. The fourth-order valence-electron chi connectivity index (χ4n) is 1.02. The molecular weight excluding hydrogens is 239 g/mol. The van der Waals surface area contributed by atoms with Crippen LogP contribution in [-0.4, -0.2) is 5.97 Å². The molecule has 0 atom stereocenters. The van der Waals surface area contributed by atoms with Crippen LogP contribution in [0.25, 0.3) is 0 Å². The third kappa shape index (κ3) is 3.14. The number of hydrogen-bond donors (Lipinski definition) is 0. The van der Waals surface area contributed by atoms with Crippen molar-refractivity contribution in [3.05, 3.63) is 35.4 Å². The van der Waals surface area contributed by atoms with Gasteiger partial charge in [-0.2, -0.15) is 0 Å². The summed E-state index contributed by atoms with van der Waals surface area (Å²) >= 11 is 3.28. The molecule has 0 amide bonds. The predicted molar refractivity (Wildman–Crippen MR) is 50.0 cm³/mol. The first-order valence-electron chi connectivity index (χ1n) is 3.71. The van der Waals surface area contributed by atoms with Crippen LogP contribution < -0.4 is 0 Å². The molecule has 13 heavy (non-hydrogen) atoms. The first kappa shape index (κ1) is 10.2. The zero-order valence-corrected chi connectivity index (χ0v) is 8.38. The summed E-state index contributed by atoms with van der Waals surface area (Å²) in [7, 11) is 0. The van der Waals surface area contributed by atoms with Gasteiger partial charge in [-0.1, -0.05) is 40.2 Å². The van der Waals surface area contributed by atoms with Gasteiger partial charge in [0.2, 0.25) is 0 Å². The highest BCUT2D eigenvalue weighted by Crippen LogP contribution is 2.09. The highest BCUT2D eigenvalue weighted by Gasteiger charge is 2.04. The number of carbonyl (C=O) groups is 1. The van der Waals surface area contributed by atoms with E-state index in [0.717, 1.165) is 11.1 Å². The molecule has 0 fully saturated rings.